The van der Waals surface area contributed by atoms with Crippen molar-refractivity contribution in [2.24, 2.45) is 0 Å². The highest BCUT2D eigenvalue weighted by atomic mass is 35.5. The van der Waals surface area contributed by atoms with Gasteiger partial charge in [0.25, 0.3) is 0 Å². The molecule has 0 spiro atoms. The van der Waals surface area contributed by atoms with E-state index in [-0.39, 0.29) is 18.3 Å². The Morgan fingerprint density at radius 2 is 1.65 bits per heavy atom. The van der Waals surface area contributed by atoms with Crippen LogP contribution in [0.5, 0.6) is 17.2 Å². The summed E-state index contributed by atoms with van der Waals surface area (Å²) < 4.78 is 15.6. The maximum atomic E-state index is 11.7. The molecule has 6 nitrogen and oxygen atoms in total. The average Bonchev–Trinajstić information content (AvgIpc) is 2.43. The third-order valence-electron chi connectivity index (χ3n) is 2.55. The highest BCUT2D eigenvalue weighted by Crippen LogP contribution is 2.39. The van der Waals surface area contributed by atoms with Gasteiger partial charge in [-0.25, -0.2) is 0 Å². The highest BCUT2D eigenvalue weighted by Gasteiger charge is 2.14. The van der Waals surface area contributed by atoms with Crippen molar-refractivity contribution >= 4 is 24.0 Å². The largest absolute Gasteiger partial charge is 0.493 e. The van der Waals surface area contributed by atoms with E-state index < -0.39 is 0 Å². The molecule has 0 saturated carbocycles. The van der Waals surface area contributed by atoms with Gasteiger partial charge in [-0.05, 0) is 7.05 Å². The van der Waals surface area contributed by atoms with Crippen LogP contribution in [0.1, 0.15) is 6.42 Å². The molecule has 0 aliphatic rings. The second-order valence-corrected chi connectivity index (χ2v) is 3.82. The maximum Gasteiger partial charge on any atom is 0.225 e. The molecule has 0 heterocycles. The molecule has 2 N–H and O–H groups in total. The number of hydrogen-bond acceptors (Lipinski definition) is 5. The Morgan fingerprint density at radius 1 is 1.10 bits per heavy atom. The summed E-state index contributed by atoms with van der Waals surface area (Å²) in [5.74, 6) is 1.43. The molecule has 1 amide bonds. The van der Waals surface area contributed by atoms with E-state index in [0.717, 1.165) is 0 Å². The van der Waals surface area contributed by atoms with Gasteiger partial charge in [-0.1, -0.05) is 0 Å². The fraction of sp³-hybridized carbons (Fsp3) is 0.462. The van der Waals surface area contributed by atoms with Gasteiger partial charge in [0.1, 0.15) is 0 Å². The lowest BCUT2D eigenvalue weighted by molar-refractivity contribution is -0.116. The fourth-order valence-electron chi connectivity index (χ4n) is 1.62. The molecule has 0 bridgehead atoms. The van der Waals surface area contributed by atoms with E-state index in [1.807, 2.05) is 0 Å². The molecule has 0 aliphatic heterocycles. The minimum atomic E-state index is -0.0800. The number of nitrogens with one attached hydrogen (secondary N) is 2. The van der Waals surface area contributed by atoms with Gasteiger partial charge in [-0.2, -0.15) is 0 Å². The molecule has 0 unspecified atom stereocenters. The first-order valence-electron chi connectivity index (χ1n) is 5.90. The van der Waals surface area contributed by atoms with Crippen LogP contribution in [-0.2, 0) is 4.79 Å². The summed E-state index contributed by atoms with van der Waals surface area (Å²) in [6, 6.07) is 3.39. The number of hydrogen-bond donors (Lipinski definition) is 2. The van der Waals surface area contributed by atoms with E-state index in [0.29, 0.717) is 35.9 Å². The molecule has 1 aromatic carbocycles. The Bertz CT molecular complexity index is 415. The first kappa shape index (κ1) is 18.3. The lowest BCUT2D eigenvalue weighted by Crippen LogP contribution is -2.18. The summed E-state index contributed by atoms with van der Waals surface area (Å²) in [4.78, 5) is 11.7. The van der Waals surface area contributed by atoms with Gasteiger partial charge in [0.15, 0.2) is 11.5 Å². The molecule has 1 rings (SSSR count). The number of benzene rings is 1. The number of amides is 1. The minimum Gasteiger partial charge on any atom is -0.493 e. The lowest BCUT2D eigenvalue weighted by atomic mass is 10.2. The predicted molar refractivity (Wildman–Crippen MR) is 80.5 cm³/mol. The van der Waals surface area contributed by atoms with Crippen molar-refractivity contribution < 1.29 is 19.0 Å². The molecule has 0 atom stereocenters. The summed E-state index contributed by atoms with van der Waals surface area (Å²) in [5, 5.41) is 5.70. The summed E-state index contributed by atoms with van der Waals surface area (Å²) in [6.07, 6.45) is 0.396. The molecule has 0 saturated heterocycles. The van der Waals surface area contributed by atoms with E-state index in [2.05, 4.69) is 10.6 Å². The van der Waals surface area contributed by atoms with Crippen molar-refractivity contribution in [3.8, 4) is 17.2 Å². The summed E-state index contributed by atoms with van der Waals surface area (Å²) in [6.45, 7) is 0.621. The normalized spacial score (nSPS) is 9.40. The zero-order valence-corrected chi connectivity index (χ0v) is 12.9. The van der Waals surface area contributed by atoms with Gasteiger partial charge in [-0.15, -0.1) is 12.4 Å². The van der Waals surface area contributed by atoms with E-state index >= 15 is 0 Å². The quantitative estimate of drug-likeness (QED) is 0.802. The summed E-state index contributed by atoms with van der Waals surface area (Å²) in [7, 11) is 6.39. The van der Waals surface area contributed by atoms with E-state index in [9.17, 15) is 4.79 Å². The number of methoxy groups -OCH3 is 3. The third-order valence-corrected chi connectivity index (χ3v) is 2.55. The van der Waals surface area contributed by atoms with Gasteiger partial charge >= 0.3 is 0 Å². The van der Waals surface area contributed by atoms with Crippen LogP contribution in [0.2, 0.25) is 0 Å². The van der Waals surface area contributed by atoms with Crippen LogP contribution in [0.4, 0.5) is 5.69 Å². The van der Waals surface area contributed by atoms with Crippen LogP contribution in [-0.4, -0.2) is 40.8 Å². The van der Waals surface area contributed by atoms with Crippen LogP contribution in [0, 0.1) is 0 Å². The van der Waals surface area contributed by atoms with Crippen molar-refractivity contribution in [1.29, 1.82) is 0 Å². The number of carbonyl (C=O) groups is 1. The Morgan fingerprint density at radius 3 is 2.05 bits per heavy atom. The second-order valence-electron chi connectivity index (χ2n) is 3.82. The second kappa shape index (κ2) is 9.28. The van der Waals surface area contributed by atoms with Gasteiger partial charge in [0, 0.05) is 30.8 Å². The molecular weight excluding hydrogens is 284 g/mol. The molecule has 114 valence electrons. The summed E-state index contributed by atoms with van der Waals surface area (Å²) >= 11 is 0. The predicted octanol–water partition coefficient (Wildman–Crippen LogP) is 1.68. The monoisotopic (exact) mass is 304 g/mol. The van der Waals surface area contributed by atoms with Crippen LogP contribution < -0.4 is 24.8 Å². The zero-order valence-electron chi connectivity index (χ0n) is 12.1. The van der Waals surface area contributed by atoms with Crippen molar-refractivity contribution in [1.82, 2.24) is 5.32 Å². The third kappa shape index (κ3) is 4.79. The fourth-order valence-corrected chi connectivity index (χ4v) is 1.62. The number of halogens is 1. The standard InChI is InChI=1S/C13H20N2O4.ClH/c1-14-6-5-12(16)15-9-7-10(17-2)13(19-4)11(8-9)18-3;/h7-8,14H,5-6H2,1-4H3,(H,15,16);1H. The van der Waals surface area contributed by atoms with Gasteiger partial charge in [0.2, 0.25) is 11.7 Å². The van der Waals surface area contributed by atoms with Crippen LogP contribution in [0.3, 0.4) is 0 Å². The van der Waals surface area contributed by atoms with Crippen molar-refractivity contribution in [2.45, 2.75) is 6.42 Å². The lowest BCUT2D eigenvalue weighted by Gasteiger charge is -2.14. The molecule has 1 aromatic rings. The Hall–Kier alpha value is -1.66. The van der Waals surface area contributed by atoms with Gasteiger partial charge in [-0.3, -0.25) is 4.79 Å². The molecule has 0 fully saturated rings. The van der Waals surface area contributed by atoms with Crippen LogP contribution in [0.15, 0.2) is 12.1 Å². The maximum absolute atomic E-state index is 11.7. The Kier molecular flexibility index (Phi) is 8.51. The number of rotatable bonds is 7. The number of anilines is 1. The van der Waals surface area contributed by atoms with Crippen LogP contribution in [0.25, 0.3) is 0 Å². The summed E-state index contributed by atoms with van der Waals surface area (Å²) in [5.41, 5.74) is 0.607. The van der Waals surface area contributed by atoms with E-state index in [1.54, 1.807) is 19.2 Å². The molecule has 0 radical (unpaired) electrons. The van der Waals surface area contributed by atoms with Crippen molar-refractivity contribution in [3.05, 3.63) is 12.1 Å². The molecule has 0 aliphatic carbocycles. The smallest absolute Gasteiger partial charge is 0.225 e. The van der Waals surface area contributed by atoms with Gasteiger partial charge < -0.3 is 24.8 Å². The van der Waals surface area contributed by atoms with E-state index in [1.165, 1.54) is 21.3 Å². The molecular formula is C13H21ClN2O4. The van der Waals surface area contributed by atoms with E-state index in [4.69, 9.17) is 14.2 Å². The average molecular weight is 305 g/mol. The minimum absolute atomic E-state index is 0. The zero-order chi connectivity index (χ0) is 14.3. The molecule has 0 aromatic heterocycles. The highest BCUT2D eigenvalue weighted by molar-refractivity contribution is 5.91. The van der Waals surface area contributed by atoms with Gasteiger partial charge in [0.05, 0.1) is 21.3 Å². The van der Waals surface area contributed by atoms with Crippen molar-refractivity contribution in [3.63, 3.8) is 0 Å². The van der Waals surface area contributed by atoms with Crippen LogP contribution >= 0.6 is 12.4 Å². The number of carbonyl (C=O) groups excluding carboxylic acids is 1. The Labute approximate surface area is 125 Å². The van der Waals surface area contributed by atoms with Crippen molar-refractivity contribution in [2.75, 3.05) is 40.2 Å². The SMILES string of the molecule is CNCCC(=O)Nc1cc(OC)c(OC)c(OC)c1.Cl. The Balaban J connectivity index is 0.00000361. The molecule has 7 heteroatoms. The first-order valence-corrected chi connectivity index (χ1v) is 5.90. The first-order chi connectivity index (χ1) is 9.15. The number of ether oxygens (including phenoxy) is 3. The topological polar surface area (TPSA) is 68.8 Å². The molecule has 20 heavy (non-hydrogen) atoms.